The lowest BCUT2D eigenvalue weighted by molar-refractivity contribution is 0.342. The van der Waals surface area contributed by atoms with Crippen molar-refractivity contribution in [1.82, 2.24) is 9.78 Å². The Balaban J connectivity index is 1.48. The summed E-state index contributed by atoms with van der Waals surface area (Å²) in [6, 6.07) is 36.7. The minimum absolute atomic E-state index is 0.156. The Bertz CT molecular complexity index is 1760. The van der Waals surface area contributed by atoms with Gasteiger partial charge in [0.2, 0.25) is 0 Å². The molecule has 196 valence electrons. The highest BCUT2D eigenvalue weighted by Crippen LogP contribution is 2.48. The van der Waals surface area contributed by atoms with Crippen molar-refractivity contribution in [2.45, 2.75) is 19.9 Å². The fraction of sp³-hybridized carbons (Fsp3) is 0.121. The largest absolute Gasteiger partial charge is 0.492 e. The second kappa shape index (κ2) is 9.85. The number of anilines is 2. The molecule has 1 aromatic heterocycles. The van der Waals surface area contributed by atoms with Gasteiger partial charge in [-0.2, -0.15) is 5.10 Å². The first-order chi connectivity index (χ1) is 19.7. The van der Waals surface area contributed by atoms with Gasteiger partial charge < -0.3 is 15.0 Å². The molecule has 0 spiro atoms. The van der Waals surface area contributed by atoms with E-state index in [0.717, 1.165) is 57.0 Å². The number of amidine groups is 2. The molecule has 2 aliphatic heterocycles. The second-order valence-corrected chi connectivity index (χ2v) is 9.69. The molecular weight excluding hydrogens is 496 g/mol. The molecule has 5 aromatic rings. The SMILES string of the molecule is CCOc1ccccc1NC1=Nc2ccccc2N2C1=Nc1c(c(C)nn1-c1ccccc1)[C@@H]2c1ccccc1. The molecule has 4 aromatic carbocycles. The number of para-hydroxylation sites is 5. The molecular formula is C33H28N6O. The summed E-state index contributed by atoms with van der Waals surface area (Å²) in [5.41, 5.74) is 6.82. The zero-order chi connectivity index (χ0) is 27.1. The Hall–Kier alpha value is -5.17. The van der Waals surface area contributed by atoms with Crippen LogP contribution in [0, 0.1) is 6.92 Å². The third-order valence-corrected chi connectivity index (χ3v) is 7.19. The molecule has 0 unspecified atom stereocenters. The van der Waals surface area contributed by atoms with Gasteiger partial charge in [0.1, 0.15) is 5.75 Å². The Morgan fingerprint density at radius 3 is 2.30 bits per heavy atom. The van der Waals surface area contributed by atoms with Crippen LogP contribution in [0.3, 0.4) is 0 Å². The van der Waals surface area contributed by atoms with Gasteiger partial charge in [0, 0.05) is 5.56 Å². The number of aromatic nitrogens is 2. The van der Waals surface area contributed by atoms with Crippen LogP contribution in [0.1, 0.15) is 29.8 Å². The third-order valence-electron chi connectivity index (χ3n) is 7.19. The zero-order valence-electron chi connectivity index (χ0n) is 22.3. The van der Waals surface area contributed by atoms with Gasteiger partial charge in [-0.25, -0.2) is 14.7 Å². The Labute approximate surface area is 233 Å². The van der Waals surface area contributed by atoms with Crippen LogP contribution in [0.2, 0.25) is 0 Å². The number of benzene rings is 4. The van der Waals surface area contributed by atoms with E-state index >= 15 is 0 Å². The first-order valence-corrected chi connectivity index (χ1v) is 13.5. The lowest BCUT2D eigenvalue weighted by atomic mass is 9.93. The first-order valence-electron chi connectivity index (χ1n) is 13.5. The highest BCUT2D eigenvalue weighted by atomic mass is 16.5. The molecule has 7 heteroatoms. The minimum Gasteiger partial charge on any atom is -0.492 e. The Kier molecular flexibility index (Phi) is 5.89. The summed E-state index contributed by atoms with van der Waals surface area (Å²) in [5, 5.41) is 8.57. The number of nitrogens with one attached hydrogen (secondary N) is 1. The molecule has 0 bridgehead atoms. The predicted molar refractivity (Wildman–Crippen MR) is 161 cm³/mol. The van der Waals surface area contributed by atoms with Crippen LogP contribution in [0.4, 0.5) is 22.9 Å². The standard InChI is InChI=1S/C33H28N6O/c1-3-40-28-21-13-11-19-26(28)35-31-33-36-32-29(22(2)37-39(32)24-16-8-5-9-17-24)30(23-14-6-4-7-15-23)38(33)27-20-12-10-18-25(27)34-31/h4-21,30H,3H2,1-2H3,(H,34,35)/t30-/m0/s1. The van der Waals surface area contributed by atoms with Gasteiger partial charge in [0.15, 0.2) is 17.5 Å². The summed E-state index contributed by atoms with van der Waals surface area (Å²) < 4.78 is 7.87. The number of aliphatic imine (C=N–C) groups is 2. The fourth-order valence-corrected chi connectivity index (χ4v) is 5.48. The van der Waals surface area contributed by atoms with Crippen molar-refractivity contribution in [2.24, 2.45) is 9.98 Å². The number of hydrogen-bond acceptors (Lipinski definition) is 6. The molecule has 1 N–H and O–H groups in total. The van der Waals surface area contributed by atoms with Gasteiger partial charge in [0.25, 0.3) is 0 Å². The summed E-state index contributed by atoms with van der Waals surface area (Å²) in [5.74, 6) is 2.94. The van der Waals surface area contributed by atoms with Crippen molar-refractivity contribution in [3.8, 4) is 11.4 Å². The maximum Gasteiger partial charge on any atom is 0.179 e. The normalized spacial score (nSPS) is 15.3. The molecule has 2 aliphatic rings. The maximum atomic E-state index is 5.93. The highest BCUT2D eigenvalue weighted by molar-refractivity contribution is 6.51. The van der Waals surface area contributed by atoms with E-state index in [0.29, 0.717) is 12.4 Å². The van der Waals surface area contributed by atoms with E-state index < -0.39 is 0 Å². The third kappa shape index (κ3) is 3.94. The van der Waals surface area contributed by atoms with Crippen LogP contribution in [0.25, 0.3) is 5.69 Å². The van der Waals surface area contributed by atoms with Crippen molar-refractivity contribution < 1.29 is 4.74 Å². The van der Waals surface area contributed by atoms with Crippen LogP contribution >= 0.6 is 0 Å². The number of rotatable bonds is 5. The lowest BCUT2D eigenvalue weighted by Gasteiger charge is -2.40. The lowest BCUT2D eigenvalue weighted by Crippen LogP contribution is -2.46. The summed E-state index contributed by atoms with van der Waals surface area (Å²) in [6.07, 6.45) is 0. The van der Waals surface area contributed by atoms with Gasteiger partial charge >= 0.3 is 0 Å². The molecule has 40 heavy (non-hydrogen) atoms. The number of ether oxygens (including phenoxy) is 1. The molecule has 0 radical (unpaired) electrons. The van der Waals surface area contributed by atoms with E-state index in [1.165, 1.54) is 0 Å². The molecule has 7 rings (SSSR count). The van der Waals surface area contributed by atoms with Gasteiger partial charge in [-0.15, -0.1) is 0 Å². The minimum atomic E-state index is -0.156. The molecule has 0 aliphatic carbocycles. The molecule has 7 nitrogen and oxygen atoms in total. The zero-order valence-corrected chi connectivity index (χ0v) is 22.3. The van der Waals surface area contributed by atoms with Gasteiger partial charge in [-0.1, -0.05) is 72.8 Å². The summed E-state index contributed by atoms with van der Waals surface area (Å²) in [7, 11) is 0. The van der Waals surface area contributed by atoms with E-state index in [9.17, 15) is 0 Å². The van der Waals surface area contributed by atoms with Crippen molar-refractivity contribution in [3.63, 3.8) is 0 Å². The van der Waals surface area contributed by atoms with Crippen LogP contribution in [-0.2, 0) is 0 Å². The van der Waals surface area contributed by atoms with Crippen LogP contribution in [-0.4, -0.2) is 28.1 Å². The second-order valence-electron chi connectivity index (χ2n) is 9.69. The molecule has 0 amide bonds. The first kappa shape index (κ1) is 23.9. The van der Waals surface area contributed by atoms with E-state index in [2.05, 4.69) is 59.6 Å². The van der Waals surface area contributed by atoms with Gasteiger partial charge in [-0.3, -0.25) is 0 Å². The Morgan fingerprint density at radius 1 is 0.800 bits per heavy atom. The van der Waals surface area contributed by atoms with E-state index in [1.54, 1.807) is 0 Å². The summed E-state index contributed by atoms with van der Waals surface area (Å²) >= 11 is 0. The quantitative estimate of drug-likeness (QED) is 0.261. The molecule has 0 fully saturated rings. The van der Waals surface area contributed by atoms with Crippen LogP contribution < -0.4 is 15.0 Å². The Morgan fingerprint density at radius 2 is 1.50 bits per heavy atom. The van der Waals surface area contributed by atoms with E-state index in [1.807, 2.05) is 78.3 Å². The van der Waals surface area contributed by atoms with Crippen LogP contribution in [0.5, 0.6) is 5.75 Å². The van der Waals surface area contributed by atoms with Crippen LogP contribution in [0.15, 0.2) is 119 Å². The number of aryl methyl sites for hydroxylation is 1. The van der Waals surface area contributed by atoms with E-state index in [4.69, 9.17) is 19.8 Å². The number of hydrogen-bond donors (Lipinski definition) is 1. The molecule has 1 atom stereocenters. The van der Waals surface area contributed by atoms with Crippen molar-refractivity contribution >= 4 is 34.6 Å². The summed E-state index contributed by atoms with van der Waals surface area (Å²) in [4.78, 5) is 12.7. The smallest absolute Gasteiger partial charge is 0.179 e. The van der Waals surface area contributed by atoms with Gasteiger partial charge in [0.05, 0.1) is 41.1 Å². The number of nitrogens with zero attached hydrogens (tertiary/aromatic N) is 5. The fourth-order valence-electron chi connectivity index (χ4n) is 5.48. The van der Waals surface area contributed by atoms with Crippen molar-refractivity contribution in [3.05, 3.63) is 126 Å². The van der Waals surface area contributed by atoms with E-state index in [-0.39, 0.29) is 6.04 Å². The van der Waals surface area contributed by atoms with Crippen molar-refractivity contribution in [1.29, 1.82) is 0 Å². The monoisotopic (exact) mass is 524 g/mol. The van der Waals surface area contributed by atoms with Gasteiger partial charge in [-0.05, 0) is 55.8 Å². The average Bonchev–Trinajstić information content (AvgIpc) is 3.34. The topological polar surface area (TPSA) is 67.0 Å². The maximum absolute atomic E-state index is 5.93. The number of fused-ring (bicyclic) bond motifs is 4. The molecule has 3 heterocycles. The van der Waals surface area contributed by atoms with Crippen molar-refractivity contribution in [2.75, 3.05) is 16.8 Å². The molecule has 0 saturated heterocycles. The molecule has 0 saturated carbocycles. The highest BCUT2D eigenvalue weighted by Gasteiger charge is 2.41. The predicted octanol–water partition coefficient (Wildman–Crippen LogP) is 7.37. The summed E-state index contributed by atoms with van der Waals surface area (Å²) in [6.45, 7) is 4.61. The average molecular weight is 525 g/mol.